The first-order valence-corrected chi connectivity index (χ1v) is 4.02. The molecule has 0 aliphatic carbocycles. The Hall–Kier alpha value is -1.37. The van der Waals surface area contributed by atoms with Gasteiger partial charge in [0.15, 0.2) is 0 Å². The van der Waals surface area contributed by atoms with Gasteiger partial charge in [-0.25, -0.2) is 0 Å². The summed E-state index contributed by atoms with van der Waals surface area (Å²) in [5.74, 6) is 0. The maximum Gasteiger partial charge on any atom is 0.0571 e. The van der Waals surface area contributed by atoms with Crippen LogP contribution in [-0.4, -0.2) is 12.3 Å². The van der Waals surface area contributed by atoms with Gasteiger partial charge < -0.3 is 0 Å². The van der Waals surface area contributed by atoms with E-state index in [1.54, 1.807) is 6.08 Å². The van der Waals surface area contributed by atoms with Crippen molar-refractivity contribution in [2.75, 3.05) is 6.54 Å². The summed E-state index contributed by atoms with van der Waals surface area (Å²) < 4.78 is 0. The van der Waals surface area contributed by atoms with Crippen molar-refractivity contribution in [3.8, 4) is 0 Å². The van der Waals surface area contributed by atoms with Crippen molar-refractivity contribution in [1.82, 2.24) is 0 Å². The largest absolute Gasteiger partial charge is 0.285 e. The normalized spacial score (nSPS) is 11.2. The predicted octanol–water partition coefficient (Wildman–Crippen LogP) is 2.68. The van der Waals surface area contributed by atoms with Crippen LogP contribution in [0.5, 0.6) is 0 Å². The van der Waals surface area contributed by atoms with Gasteiger partial charge in [-0.05, 0) is 12.5 Å². The fraction of sp³-hybridized carbons (Fsp3) is 0.182. The SMILES string of the molecule is C=CC/N=C(/C)c1ccccc1. The number of aliphatic imine (C=N–C) groups is 1. The van der Waals surface area contributed by atoms with E-state index in [9.17, 15) is 0 Å². The van der Waals surface area contributed by atoms with Crippen LogP contribution >= 0.6 is 0 Å². The van der Waals surface area contributed by atoms with E-state index in [4.69, 9.17) is 0 Å². The van der Waals surface area contributed by atoms with Gasteiger partial charge in [0, 0.05) is 5.71 Å². The number of benzene rings is 1. The van der Waals surface area contributed by atoms with E-state index < -0.39 is 0 Å². The number of rotatable bonds is 3. The fourth-order valence-electron chi connectivity index (χ4n) is 0.972. The first-order valence-electron chi connectivity index (χ1n) is 4.02. The van der Waals surface area contributed by atoms with Crippen molar-refractivity contribution in [1.29, 1.82) is 0 Å². The van der Waals surface area contributed by atoms with E-state index in [2.05, 4.69) is 23.7 Å². The maximum absolute atomic E-state index is 4.31. The van der Waals surface area contributed by atoms with Crippen LogP contribution in [0.3, 0.4) is 0 Å². The summed E-state index contributed by atoms with van der Waals surface area (Å²) in [6.07, 6.45) is 1.80. The van der Waals surface area contributed by atoms with Gasteiger partial charge in [0.05, 0.1) is 6.54 Å². The average molecular weight is 159 g/mol. The van der Waals surface area contributed by atoms with E-state index in [0.29, 0.717) is 6.54 Å². The minimum atomic E-state index is 0.695. The molecule has 0 spiro atoms. The Bertz CT molecular complexity index is 272. The Labute approximate surface area is 73.5 Å². The number of hydrogen-bond donors (Lipinski definition) is 0. The molecular weight excluding hydrogens is 146 g/mol. The quantitative estimate of drug-likeness (QED) is 0.475. The van der Waals surface area contributed by atoms with Gasteiger partial charge >= 0.3 is 0 Å². The lowest BCUT2D eigenvalue weighted by atomic mass is 10.1. The average Bonchev–Trinajstić information content (AvgIpc) is 2.15. The molecule has 0 aliphatic heterocycles. The minimum absolute atomic E-state index is 0.695. The lowest BCUT2D eigenvalue weighted by molar-refractivity contribution is 1.24. The molecular formula is C11H13N. The summed E-state index contributed by atoms with van der Waals surface area (Å²) in [6, 6.07) is 10.2. The van der Waals surface area contributed by atoms with Crippen molar-refractivity contribution in [2.45, 2.75) is 6.92 Å². The van der Waals surface area contributed by atoms with Gasteiger partial charge in [0.2, 0.25) is 0 Å². The van der Waals surface area contributed by atoms with Crippen LogP contribution in [0, 0.1) is 0 Å². The molecule has 0 radical (unpaired) electrons. The third-order valence-electron chi connectivity index (χ3n) is 1.65. The summed E-state index contributed by atoms with van der Waals surface area (Å²) in [4.78, 5) is 4.31. The molecule has 0 amide bonds. The van der Waals surface area contributed by atoms with Gasteiger partial charge in [-0.2, -0.15) is 0 Å². The molecule has 0 aliphatic rings. The highest BCUT2D eigenvalue weighted by atomic mass is 14.7. The van der Waals surface area contributed by atoms with Gasteiger partial charge in [0.25, 0.3) is 0 Å². The lowest BCUT2D eigenvalue weighted by Gasteiger charge is -1.98. The molecule has 0 unspecified atom stereocenters. The Morgan fingerprint density at radius 1 is 1.42 bits per heavy atom. The highest BCUT2D eigenvalue weighted by Gasteiger charge is 1.92. The van der Waals surface area contributed by atoms with Crippen LogP contribution < -0.4 is 0 Å². The molecule has 0 aromatic heterocycles. The molecule has 1 heteroatoms. The standard InChI is InChI=1S/C11H13N/c1-3-9-12-10(2)11-7-5-4-6-8-11/h3-8H,1,9H2,2H3/b12-10-. The molecule has 1 aromatic carbocycles. The maximum atomic E-state index is 4.31. The molecule has 62 valence electrons. The first-order chi connectivity index (χ1) is 5.84. The van der Waals surface area contributed by atoms with Crippen molar-refractivity contribution in [3.05, 3.63) is 48.6 Å². The highest BCUT2D eigenvalue weighted by molar-refractivity contribution is 5.98. The lowest BCUT2D eigenvalue weighted by Crippen LogP contribution is -1.94. The first kappa shape index (κ1) is 8.72. The molecule has 1 rings (SSSR count). The van der Waals surface area contributed by atoms with Crippen molar-refractivity contribution >= 4 is 5.71 Å². The molecule has 0 bridgehead atoms. The fourth-order valence-corrected chi connectivity index (χ4v) is 0.972. The summed E-state index contributed by atoms with van der Waals surface area (Å²) >= 11 is 0. The topological polar surface area (TPSA) is 12.4 Å². The van der Waals surface area contributed by atoms with Crippen molar-refractivity contribution in [3.63, 3.8) is 0 Å². The minimum Gasteiger partial charge on any atom is -0.285 e. The molecule has 0 fully saturated rings. The molecule has 0 heterocycles. The molecule has 1 aromatic rings. The Morgan fingerprint density at radius 2 is 2.08 bits per heavy atom. The van der Waals surface area contributed by atoms with Crippen LogP contribution in [0.25, 0.3) is 0 Å². The van der Waals surface area contributed by atoms with Crippen LogP contribution in [0.4, 0.5) is 0 Å². The summed E-state index contributed by atoms with van der Waals surface area (Å²) in [6.45, 7) is 6.33. The number of hydrogen-bond acceptors (Lipinski definition) is 1. The molecule has 1 nitrogen and oxygen atoms in total. The van der Waals surface area contributed by atoms with Gasteiger partial charge in [-0.3, -0.25) is 4.99 Å². The van der Waals surface area contributed by atoms with E-state index >= 15 is 0 Å². The monoisotopic (exact) mass is 159 g/mol. The Morgan fingerprint density at radius 3 is 2.67 bits per heavy atom. The molecule has 0 saturated carbocycles. The van der Waals surface area contributed by atoms with Crippen LogP contribution in [0.2, 0.25) is 0 Å². The molecule has 0 N–H and O–H groups in total. The van der Waals surface area contributed by atoms with Crippen LogP contribution in [0.1, 0.15) is 12.5 Å². The summed E-state index contributed by atoms with van der Waals surface area (Å²) in [5.41, 5.74) is 2.25. The summed E-state index contributed by atoms with van der Waals surface area (Å²) in [7, 11) is 0. The van der Waals surface area contributed by atoms with Crippen molar-refractivity contribution < 1.29 is 0 Å². The Kier molecular flexibility index (Phi) is 3.27. The zero-order chi connectivity index (χ0) is 8.81. The highest BCUT2D eigenvalue weighted by Crippen LogP contribution is 2.00. The smallest absolute Gasteiger partial charge is 0.0571 e. The molecule has 0 atom stereocenters. The van der Waals surface area contributed by atoms with Gasteiger partial charge in [-0.1, -0.05) is 36.4 Å². The van der Waals surface area contributed by atoms with Gasteiger partial charge in [-0.15, -0.1) is 6.58 Å². The van der Waals surface area contributed by atoms with E-state index in [-0.39, 0.29) is 0 Å². The molecule has 0 saturated heterocycles. The van der Waals surface area contributed by atoms with E-state index in [1.807, 2.05) is 25.1 Å². The second-order valence-corrected chi connectivity index (χ2v) is 2.58. The van der Waals surface area contributed by atoms with Gasteiger partial charge in [0.1, 0.15) is 0 Å². The molecule has 12 heavy (non-hydrogen) atoms. The Balaban J connectivity index is 2.77. The second-order valence-electron chi connectivity index (χ2n) is 2.58. The van der Waals surface area contributed by atoms with Crippen LogP contribution in [0.15, 0.2) is 48.0 Å². The predicted molar refractivity (Wildman–Crippen MR) is 53.7 cm³/mol. The zero-order valence-electron chi connectivity index (χ0n) is 7.33. The van der Waals surface area contributed by atoms with E-state index in [1.165, 1.54) is 5.56 Å². The zero-order valence-corrected chi connectivity index (χ0v) is 7.33. The van der Waals surface area contributed by atoms with Crippen LogP contribution in [-0.2, 0) is 0 Å². The second kappa shape index (κ2) is 4.50. The summed E-state index contributed by atoms with van der Waals surface area (Å²) in [5, 5.41) is 0. The number of nitrogens with zero attached hydrogens (tertiary/aromatic N) is 1. The van der Waals surface area contributed by atoms with E-state index in [0.717, 1.165) is 5.71 Å². The third-order valence-corrected chi connectivity index (χ3v) is 1.65. The van der Waals surface area contributed by atoms with Crippen molar-refractivity contribution in [2.24, 2.45) is 4.99 Å². The third kappa shape index (κ3) is 2.35.